The summed E-state index contributed by atoms with van der Waals surface area (Å²) in [5.74, 6) is 0. The molecule has 6 heteroatoms. The average molecular weight is 231 g/mol. The topological polar surface area (TPSA) is 63.3 Å². The molecule has 0 radical (unpaired) electrons. The van der Waals surface area contributed by atoms with E-state index in [2.05, 4.69) is 27.7 Å². The van der Waals surface area contributed by atoms with E-state index in [0.29, 0.717) is 0 Å². The molecule has 0 aliphatic rings. The summed E-state index contributed by atoms with van der Waals surface area (Å²) in [4.78, 5) is 3.90. The summed E-state index contributed by atoms with van der Waals surface area (Å²) in [6.07, 6.45) is 3.41. The number of nitrogens with one attached hydrogen (secondary N) is 1. The van der Waals surface area contributed by atoms with E-state index in [4.69, 9.17) is 5.73 Å². The second-order valence-electron chi connectivity index (χ2n) is 2.41. The molecule has 0 aliphatic carbocycles. The van der Waals surface area contributed by atoms with Crippen molar-refractivity contribution < 1.29 is 0 Å². The molecule has 0 spiro atoms. The Bertz CT molecular complexity index is 325. The van der Waals surface area contributed by atoms with E-state index in [-0.39, 0.29) is 17.5 Å². The van der Waals surface area contributed by atoms with Gasteiger partial charge in [-0.05, 0) is 31.3 Å². The molecule has 1 aromatic heterocycles. The van der Waals surface area contributed by atoms with E-state index >= 15 is 0 Å². The van der Waals surface area contributed by atoms with Crippen LogP contribution in [-0.4, -0.2) is 15.8 Å². The SMILES string of the molecule is C/C(=N\NC(N)=S)c1ccncc1.Cl. The zero-order chi connectivity index (χ0) is 9.68. The number of nitrogens with two attached hydrogens (primary N) is 1. The summed E-state index contributed by atoms with van der Waals surface area (Å²) in [6.45, 7) is 1.86. The first-order valence-corrected chi connectivity index (χ1v) is 4.11. The number of hydrazone groups is 1. The largest absolute Gasteiger partial charge is 0.375 e. The molecule has 1 heterocycles. The molecule has 0 amide bonds. The Balaban J connectivity index is 0.00000169. The maximum absolute atomic E-state index is 5.22. The van der Waals surface area contributed by atoms with Gasteiger partial charge in [-0.15, -0.1) is 12.4 Å². The van der Waals surface area contributed by atoms with E-state index in [9.17, 15) is 0 Å². The second kappa shape index (κ2) is 6.28. The van der Waals surface area contributed by atoms with Crippen molar-refractivity contribution in [1.82, 2.24) is 10.4 Å². The van der Waals surface area contributed by atoms with Crippen molar-refractivity contribution in [1.29, 1.82) is 0 Å². The number of pyridine rings is 1. The zero-order valence-electron chi connectivity index (χ0n) is 7.60. The predicted octanol–water partition coefficient (Wildman–Crippen LogP) is 1.06. The Morgan fingerprint density at radius 3 is 2.57 bits per heavy atom. The Hall–Kier alpha value is -1.20. The van der Waals surface area contributed by atoms with Crippen LogP contribution in [0, 0.1) is 0 Å². The van der Waals surface area contributed by atoms with Gasteiger partial charge in [0.2, 0.25) is 0 Å². The van der Waals surface area contributed by atoms with E-state index in [0.717, 1.165) is 11.3 Å². The standard InChI is InChI=1S/C8H10N4S.ClH/c1-6(11-12-8(9)13)7-2-4-10-5-3-7;/h2-5H,1H3,(H3,9,12,13);1H/b11-6+;. The fourth-order valence-corrected chi connectivity index (χ4v) is 0.842. The third-order valence-corrected chi connectivity index (χ3v) is 1.52. The van der Waals surface area contributed by atoms with Gasteiger partial charge in [-0.3, -0.25) is 10.4 Å². The van der Waals surface area contributed by atoms with Gasteiger partial charge in [-0.2, -0.15) is 5.10 Å². The highest BCUT2D eigenvalue weighted by atomic mass is 35.5. The summed E-state index contributed by atoms with van der Waals surface area (Å²) in [5, 5.41) is 4.13. The van der Waals surface area contributed by atoms with Gasteiger partial charge in [-0.25, -0.2) is 0 Å². The highest BCUT2D eigenvalue weighted by Gasteiger charge is 1.94. The van der Waals surface area contributed by atoms with Crippen LogP contribution in [0.2, 0.25) is 0 Å². The minimum atomic E-state index is 0. The first-order chi connectivity index (χ1) is 6.20. The number of hydrogen-bond acceptors (Lipinski definition) is 3. The Morgan fingerprint density at radius 2 is 2.07 bits per heavy atom. The summed E-state index contributed by atoms with van der Waals surface area (Å²) < 4.78 is 0. The van der Waals surface area contributed by atoms with Crippen LogP contribution in [0.25, 0.3) is 0 Å². The Kier molecular flexibility index (Phi) is 5.74. The van der Waals surface area contributed by atoms with Crippen molar-refractivity contribution in [3.05, 3.63) is 30.1 Å². The van der Waals surface area contributed by atoms with Crippen LogP contribution in [0.4, 0.5) is 0 Å². The minimum absolute atomic E-state index is 0. The lowest BCUT2D eigenvalue weighted by Gasteiger charge is -2.00. The maximum atomic E-state index is 5.22. The molecule has 76 valence electrons. The normalized spacial score (nSPS) is 10.2. The van der Waals surface area contributed by atoms with Crippen LogP contribution < -0.4 is 11.2 Å². The maximum Gasteiger partial charge on any atom is 0.184 e. The van der Waals surface area contributed by atoms with Crippen LogP contribution in [0.15, 0.2) is 29.6 Å². The number of nitrogens with zero attached hydrogens (tertiary/aromatic N) is 2. The van der Waals surface area contributed by atoms with Gasteiger partial charge in [0.15, 0.2) is 5.11 Å². The number of aromatic nitrogens is 1. The molecular weight excluding hydrogens is 220 g/mol. The quantitative estimate of drug-likeness (QED) is 0.453. The highest BCUT2D eigenvalue weighted by Crippen LogP contribution is 1.97. The number of hydrogen-bond donors (Lipinski definition) is 2. The molecule has 0 bridgehead atoms. The third-order valence-electron chi connectivity index (χ3n) is 1.43. The second-order valence-corrected chi connectivity index (χ2v) is 2.85. The van der Waals surface area contributed by atoms with Gasteiger partial charge in [0.05, 0.1) is 5.71 Å². The third kappa shape index (κ3) is 4.15. The molecule has 1 aromatic rings. The first-order valence-electron chi connectivity index (χ1n) is 3.70. The number of thiocarbonyl (C=S) groups is 1. The monoisotopic (exact) mass is 230 g/mol. The van der Waals surface area contributed by atoms with Crippen molar-refractivity contribution in [3.63, 3.8) is 0 Å². The van der Waals surface area contributed by atoms with Gasteiger partial charge in [0, 0.05) is 18.0 Å². The minimum Gasteiger partial charge on any atom is -0.375 e. The first kappa shape index (κ1) is 12.8. The van der Waals surface area contributed by atoms with Gasteiger partial charge < -0.3 is 5.73 Å². The van der Waals surface area contributed by atoms with Crippen LogP contribution in [0.3, 0.4) is 0 Å². The lowest BCUT2D eigenvalue weighted by Crippen LogP contribution is -2.25. The molecular formula is C8H11ClN4S. The fraction of sp³-hybridized carbons (Fsp3) is 0.125. The molecule has 1 rings (SSSR count). The summed E-state index contributed by atoms with van der Waals surface area (Å²) in [6, 6.07) is 3.72. The van der Waals surface area contributed by atoms with Gasteiger partial charge in [0.25, 0.3) is 0 Å². The molecule has 0 saturated carbocycles. The molecule has 0 aliphatic heterocycles. The van der Waals surface area contributed by atoms with Crippen molar-refractivity contribution in [2.24, 2.45) is 10.8 Å². The molecule has 14 heavy (non-hydrogen) atoms. The molecule has 4 nitrogen and oxygen atoms in total. The van der Waals surface area contributed by atoms with Gasteiger partial charge in [-0.1, -0.05) is 0 Å². The number of halogens is 1. The van der Waals surface area contributed by atoms with E-state index in [1.54, 1.807) is 12.4 Å². The number of rotatable bonds is 2. The average Bonchev–Trinajstić information content (AvgIpc) is 2.15. The molecule has 0 atom stereocenters. The summed E-state index contributed by atoms with van der Waals surface area (Å²) in [5.41, 5.74) is 9.54. The highest BCUT2D eigenvalue weighted by molar-refractivity contribution is 7.80. The molecule has 0 aromatic carbocycles. The molecule has 0 saturated heterocycles. The van der Waals surface area contributed by atoms with Gasteiger partial charge >= 0.3 is 0 Å². The summed E-state index contributed by atoms with van der Waals surface area (Å²) >= 11 is 4.61. The Labute approximate surface area is 94.0 Å². The van der Waals surface area contributed by atoms with Gasteiger partial charge in [0.1, 0.15) is 0 Å². The van der Waals surface area contributed by atoms with E-state index < -0.39 is 0 Å². The van der Waals surface area contributed by atoms with Crippen LogP contribution in [0.5, 0.6) is 0 Å². The van der Waals surface area contributed by atoms with Crippen molar-refractivity contribution in [3.8, 4) is 0 Å². The van der Waals surface area contributed by atoms with Crippen molar-refractivity contribution >= 4 is 35.4 Å². The lowest BCUT2D eigenvalue weighted by molar-refractivity contribution is 1.03. The zero-order valence-corrected chi connectivity index (χ0v) is 9.23. The predicted molar refractivity (Wildman–Crippen MR) is 63.6 cm³/mol. The fourth-order valence-electron chi connectivity index (χ4n) is 0.797. The summed E-state index contributed by atoms with van der Waals surface area (Å²) in [7, 11) is 0. The smallest absolute Gasteiger partial charge is 0.184 e. The van der Waals surface area contributed by atoms with E-state index in [1.807, 2.05) is 19.1 Å². The van der Waals surface area contributed by atoms with Crippen molar-refractivity contribution in [2.45, 2.75) is 6.92 Å². The molecule has 0 unspecified atom stereocenters. The molecule has 0 fully saturated rings. The van der Waals surface area contributed by atoms with Crippen LogP contribution in [-0.2, 0) is 0 Å². The van der Waals surface area contributed by atoms with E-state index in [1.165, 1.54) is 0 Å². The van der Waals surface area contributed by atoms with Crippen LogP contribution in [0.1, 0.15) is 12.5 Å². The Morgan fingerprint density at radius 1 is 1.50 bits per heavy atom. The van der Waals surface area contributed by atoms with Crippen molar-refractivity contribution in [2.75, 3.05) is 0 Å². The van der Waals surface area contributed by atoms with Crippen LogP contribution >= 0.6 is 24.6 Å². The lowest BCUT2D eigenvalue weighted by atomic mass is 10.2. The molecule has 3 N–H and O–H groups in total.